The van der Waals surface area contributed by atoms with Gasteiger partial charge in [-0.1, -0.05) is 11.3 Å². The van der Waals surface area contributed by atoms with Gasteiger partial charge in [-0.05, 0) is 19.1 Å². The normalized spacial score (nSPS) is 18.4. The van der Waals surface area contributed by atoms with Crippen molar-refractivity contribution in [3.05, 3.63) is 47.7 Å². The highest BCUT2D eigenvalue weighted by molar-refractivity contribution is 5.19. The Bertz CT molecular complexity index is 646. The fourth-order valence-electron chi connectivity index (χ4n) is 2.93. The van der Waals surface area contributed by atoms with Crippen LogP contribution in [0.1, 0.15) is 29.0 Å². The largest absolute Gasteiger partial charge is 0.465 e. The van der Waals surface area contributed by atoms with Gasteiger partial charge in [-0.2, -0.15) is 0 Å². The summed E-state index contributed by atoms with van der Waals surface area (Å²) in [4.78, 5) is 2.35. The van der Waals surface area contributed by atoms with Gasteiger partial charge in [0.25, 0.3) is 0 Å². The average molecular weight is 302 g/mol. The van der Waals surface area contributed by atoms with Gasteiger partial charge in [-0.15, -0.1) is 11.7 Å². The lowest BCUT2D eigenvalue weighted by Gasteiger charge is -2.33. The second-order valence-corrected chi connectivity index (χ2v) is 5.62. The minimum Gasteiger partial charge on any atom is -0.465 e. The summed E-state index contributed by atoms with van der Waals surface area (Å²) >= 11 is 0. The molecule has 0 radical (unpaired) electrons. The van der Waals surface area contributed by atoms with E-state index in [-0.39, 0.29) is 6.04 Å². The van der Waals surface area contributed by atoms with E-state index in [2.05, 4.69) is 21.8 Å². The highest BCUT2D eigenvalue weighted by Gasteiger charge is 2.32. The molecule has 0 N–H and O–H groups in total. The molecule has 0 unspecified atom stereocenters. The third-order valence-corrected chi connectivity index (χ3v) is 4.03. The Morgan fingerprint density at radius 1 is 1.50 bits per heavy atom. The van der Waals surface area contributed by atoms with Gasteiger partial charge < -0.3 is 9.15 Å². The van der Waals surface area contributed by atoms with E-state index in [1.807, 2.05) is 30.8 Å². The van der Waals surface area contributed by atoms with Crippen molar-refractivity contribution in [2.45, 2.75) is 25.9 Å². The van der Waals surface area contributed by atoms with Crippen molar-refractivity contribution in [2.24, 2.45) is 7.05 Å². The Hall–Kier alpha value is -1.92. The topological polar surface area (TPSA) is 56.3 Å². The second-order valence-electron chi connectivity index (χ2n) is 5.62. The predicted octanol–water partition coefficient (Wildman–Crippen LogP) is 2.02. The van der Waals surface area contributed by atoms with Gasteiger partial charge in [0, 0.05) is 20.0 Å². The van der Waals surface area contributed by atoms with Gasteiger partial charge in [0.2, 0.25) is 0 Å². The molecule has 0 bridgehead atoms. The Labute approximate surface area is 130 Å². The van der Waals surface area contributed by atoms with Crippen LogP contribution >= 0.6 is 0 Å². The molecular weight excluding hydrogens is 280 g/mol. The molecule has 3 rings (SSSR count). The molecule has 0 amide bonds. The molecule has 1 atom stereocenters. The van der Waals surface area contributed by atoms with Crippen LogP contribution in [0.2, 0.25) is 0 Å². The number of rotatable bonds is 6. The number of fused-ring (bicyclic) bond motifs is 1. The van der Waals surface area contributed by atoms with Crippen molar-refractivity contribution in [1.82, 2.24) is 19.9 Å². The first kappa shape index (κ1) is 15.0. The maximum atomic E-state index is 5.71. The van der Waals surface area contributed by atoms with E-state index in [0.717, 1.165) is 36.7 Å². The second kappa shape index (κ2) is 6.46. The van der Waals surface area contributed by atoms with Crippen molar-refractivity contribution < 1.29 is 9.15 Å². The number of hydrogen-bond donors (Lipinski definition) is 0. The van der Waals surface area contributed by atoms with Gasteiger partial charge in [0.05, 0.1) is 31.5 Å². The summed E-state index contributed by atoms with van der Waals surface area (Å²) in [6.45, 7) is 8.48. The summed E-state index contributed by atoms with van der Waals surface area (Å²) in [6, 6.07) is 4.13. The maximum Gasteiger partial charge on any atom is 0.118 e. The summed E-state index contributed by atoms with van der Waals surface area (Å²) in [5.41, 5.74) is 2.21. The number of aryl methyl sites for hydroxylation is 2. The van der Waals surface area contributed by atoms with Crippen molar-refractivity contribution in [3.8, 4) is 0 Å². The summed E-state index contributed by atoms with van der Waals surface area (Å²) in [5, 5.41) is 8.51. The zero-order chi connectivity index (χ0) is 15.5. The fraction of sp³-hybridized carbons (Fsp3) is 0.500. The molecule has 6 heteroatoms. The Morgan fingerprint density at radius 2 is 2.36 bits per heavy atom. The molecule has 0 fully saturated rings. The third-order valence-electron chi connectivity index (χ3n) is 4.03. The number of ether oxygens (including phenoxy) is 1. The summed E-state index contributed by atoms with van der Waals surface area (Å²) in [5.74, 6) is 1.91. The third kappa shape index (κ3) is 2.98. The average Bonchev–Trinajstić information content (AvgIpc) is 3.08. The molecule has 0 saturated carbocycles. The predicted molar refractivity (Wildman–Crippen MR) is 82.3 cm³/mol. The van der Waals surface area contributed by atoms with Crippen LogP contribution in [-0.2, 0) is 24.8 Å². The van der Waals surface area contributed by atoms with Gasteiger partial charge >= 0.3 is 0 Å². The Morgan fingerprint density at radius 3 is 3.09 bits per heavy atom. The number of aromatic nitrogens is 3. The number of nitrogens with zero attached hydrogens (tertiary/aromatic N) is 4. The van der Waals surface area contributed by atoms with Crippen LogP contribution < -0.4 is 0 Å². The number of furan rings is 1. The summed E-state index contributed by atoms with van der Waals surface area (Å²) in [6.07, 6.45) is 2.71. The highest BCUT2D eigenvalue weighted by atomic mass is 16.5. The van der Waals surface area contributed by atoms with Gasteiger partial charge in [0.15, 0.2) is 0 Å². The maximum absolute atomic E-state index is 5.71. The lowest BCUT2D eigenvalue weighted by molar-refractivity contribution is 0.0561. The van der Waals surface area contributed by atoms with Crippen molar-refractivity contribution in [3.63, 3.8) is 0 Å². The van der Waals surface area contributed by atoms with Crippen molar-refractivity contribution >= 4 is 0 Å². The van der Waals surface area contributed by atoms with E-state index < -0.39 is 0 Å². The molecule has 2 aromatic heterocycles. The van der Waals surface area contributed by atoms with Crippen LogP contribution in [0.3, 0.4) is 0 Å². The van der Waals surface area contributed by atoms with E-state index in [9.17, 15) is 0 Å². The molecule has 1 aliphatic heterocycles. The minimum atomic E-state index is 0.0998. The minimum absolute atomic E-state index is 0.0998. The van der Waals surface area contributed by atoms with E-state index in [1.54, 1.807) is 6.08 Å². The van der Waals surface area contributed by atoms with Crippen molar-refractivity contribution in [1.29, 1.82) is 0 Å². The molecule has 1 aliphatic rings. The molecule has 0 aromatic carbocycles. The van der Waals surface area contributed by atoms with Crippen LogP contribution in [-0.4, -0.2) is 39.7 Å². The van der Waals surface area contributed by atoms with E-state index in [1.165, 1.54) is 5.69 Å². The molecule has 0 spiro atoms. The first-order valence-electron chi connectivity index (χ1n) is 7.55. The van der Waals surface area contributed by atoms with Gasteiger partial charge in [-0.3, -0.25) is 9.58 Å². The lowest BCUT2D eigenvalue weighted by atomic mass is 10.0. The first-order chi connectivity index (χ1) is 10.7. The molecule has 22 heavy (non-hydrogen) atoms. The monoisotopic (exact) mass is 302 g/mol. The number of hydrogen-bond acceptors (Lipinski definition) is 5. The summed E-state index contributed by atoms with van der Waals surface area (Å²) < 4.78 is 13.3. The zero-order valence-electron chi connectivity index (χ0n) is 13.2. The van der Waals surface area contributed by atoms with E-state index >= 15 is 0 Å². The van der Waals surface area contributed by atoms with Crippen LogP contribution in [0.5, 0.6) is 0 Å². The first-order valence-corrected chi connectivity index (χ1v) is 7.55. The zero-order valence-corrected chi connectivity index (χ0v) is 13.2. The highest BCUT2D eigenvalue weighted by Crippen LogP contribution is 2.29. The fourth-order valence-corrected chi connectivity index (χ4v) is 2.93. The SMILES string of the molecule is C=CCOC[C@H]1c2nnn(C)c2CCN1Cc1ccc(C)o1. The standard InChI is InChI=1S/C16H22N4O2/c1-4-9-21-11-15-16-14(19(3)18-17-16)7-8-20(15)10-13-6-5-12(2)22-13/h4-6,15H,1,7-11H2,2-3H3/t15-/m0/s1. The quantitative estimate of drug-likeness (QED) is 0.603. The van der Waals surface area contributed by atoms with Crippen molar-refractivity contribution in [2.75, 3.05) is 19.8 Å². The molecular formula is C16H22N4O2. The van der Waals surface area contributed by atoms with Crippen LogP contribution in [0.4, 0.5) is 0 Å². The Balaban J connectivity index is 1.80. The molecule has 0 aliphatic carbocycles. The smallest absolute Gasteiger partial charge is 0.118 e. The molecule has 118 valence electrons. The van der Waals surface area contributed by atoms with Crippen LogP contribution in [0.15, 0.2) is 29.2 Å². The van der Waals surface area contributed by atoms with Crippen LogP contribution in [0, 0.1) is 6.92 Å². The molecule has 6 nitrogen and oxygen atoms in total. The molecule has 2 aromatic rings. The lowest BCUT2D eigenvalue weighted by Crippen LogP contribution is -2.38. The Kier molecular flexibility index (Phi) is 4.40. The van der Waals surface area contributed by atoms with E-state index in [0.29, 0.717) is 13.2 Å². The summed E-state index contributed by atoms with van der Waals surface area (Å²) in [7, 11) is 1.94. The van der Waals surface area contributed by atoms with Gasteiger partial charge in [0.1, 0.15) is 17.2 Å². The van der Waals surface area contributed by atoms with Gasteiger partial charge in [-0.25, -0.2) is 0 Å². The van der Waals surface area contributed by atoms with Crippen LogP contribution in [0.25, 0.3) is 0 Å². The molecule has 0 saturated heterocycles. The molecule has 3 heterocycles. The van der Waals surface area contributed by atoms with E-state index in [4.69, 9.17) is 9.15 Å².